The van der Waals surface area contributed by atoms with Gasteiger partial charge in [-0.2, -0.15) is 0 Å². The van der Waals surface area contributed by atoms with Gasteiger partial charge in [0.05, 0.1) is 31.3 Å². The lowest BCUT2D eigenvalue weighted by atomic mass is 10.1. The summed E-state index contributed by atoms with van der Waals surface area (Å²) >= 11 is 0. The topological polar surface area (TPSA) is 70.6 Å². The largest absolute Gasteiger partial charge is 0.379 e. The maximum Gasteiger partial charge on any atom is 0.322 e. The third-order valence-corrected chi connectivity index (χ3v) is 4.92. The van der Waals surface area contributed by atoms with E-state index in [4.69, 9.17) is 4.74 Å². The molecule has 0 spiro atoms. The number of rotatable bonds is 4. The van der Waals surface area contributed by atoms with Gasteiger partial charge in [0.1, 0.15) is 5.82 Å². The van der Waals surface area contributed by atoms with Crippen molar-refractivity contribution in [2.45, 2.75) is 45.7 Å². The van der Waals surface area contributed by atoms with E-state index in [1.165, 1.54) is 0 Å². The Morgan fingerprint density at radius 3 is 2.64 bits per heavy atom. The summed E-state index contributed by atoms with van der Waals surface area (Å²) in [5.74, 6) is 1.33. The quantitative estimate of drug-likeness (QED) is 0.902. The fraction of sp³-hybridized carbons (Fsp3) is 0.722. The Kier molecular flexibility index (Phi) is 5.86. The van der Waals surface area contributed by atoms with Crippen molar-refractivity contribution < 1.29 is 9.53 Å². The van der Waals surface area contributed by atoms with Crippen LogP contribution >= 0.6 is 0 Å². The average Bonchev–Trinajstić information content (AvgIpc) is 2.99. The Morgan fingerprint density at radius 1 is 1.32 bits per heavy atom. The number of morpholine rings is 1. The van der Waals surface area contributed by atoms with Crippen molar-refractivity contribution in [1.82, 2.24) is 19.8 Å². The minimum absolute atomic E-state index is 0.0662. The first kappa shape index (κ1) is 18.1. The zero-order chi connectivity index (χ0) is 17.8. The minimum atomic E-state index is -0.0662. The number of amides is 2. The van der Waals surface area contributed by atoms with E-state index < -0.39 is 0 Å². The molecule has 0 aliphatic carbocycles. The molecule has 0 saturated carbocycles. The van der Waals surface area contributed by atoms with Crippen LogP contribution in [0.15, 0.2) is 12.4 Å². The second-order valence-corrected chi connectivity index (χ2v) is 7.46. The first-order valence-electron chi connectivity index (χ1n) is 9.23. The second kappa shape index (κ2) is 8.10. The van der Waals surface area contributed by atoms with Gasteiger partial charge in [-0.3, -0.25) is 4.90 Å². The van der Waals surface area contributed by atoms with E-state index >= 15 is 0 Å². The average molecular weight is 347 g/mol. The molecule has 2 aliphatic rings. The minimum Gasteiger partial charge on any atom is -0.379 e. The summed E-state index contributed by atoms with van der Waals surface area (Å²) in [6, 6.07) is 0.590. The molecule has 1 aromatic rings. The molecule has 2 fully saturated rings. The Balaban J connectivity index is 1.55. The first-order chi connectivity index (χ1) is 12.0. The van der Waals surface area contributed by atoms with Gasteiger partial charge in [-0.05, 0) is 19.3 Å². The lowest BCUT2D eigenvalue weighted by molar-refractivity contribution is 0.0191. The normalized spacial score (nSPS) is 24.7. The molecule has 138 valence electrons. The van der Waals surface area contributed by atoms with Crippen LogP contribution in [0.3, 0.4) is 0 Å². The number of likely N-dealkylation sites (tertiary alicyclic amines) is 1. The number of anilines is 1. The van der Waals surface area contributed by atoms with Crippen LogP contribution in [0.5, 0.6) is 0 Å². The number of hydrogen-bond acceptors (Lipinski definition) is 5. The fourth-order valence-electron chi connectivity index (χ4n) is 3.58. The molecule has 1 aromatic heterocycles. The molecule has 2 aliphatic heterocycles. The maximum atomic E-state index is 12.6. The summed E-state index contributed by atoms with van der Waals surface area (Å²) in [5.41, 5.74) is 0.652. The van der Waals surface area contributed by atoms with E-state index in [-0.39, 0.29) is 12.1 Å². The molecule has 3 heterocycles. The predicted octanol–water partition coefficient (Wildman–Crippen LogP) is 2.00. The molecule has 7 nitrogen and oxygen atoms in total. The fourth-order valence-corrected chi connectivity index (χ4v) is 3.58. The zero-order valence-corrected chi connectivity index (χ0v) is 15.4. The van der Waals surface area contributed by atoms with Crippen molar-refractivity contribution in [3.8, 4) is 0 Å². The first-order valence-corrected chi connectivity index (χ1v) is 9.23. The van der Waals surface area contributed by atoms with Crippen LogP contribution in [0.2, 0.25) is 0 Å². The van der Waals surface area contributed by atoms with E-state index in [0.717, 1.165) is 51.5 Å². The SMILES string of the molecule is CC(C)Cc1ncc(NC(=O)N2C[C@H](N3CCOCC3)C[C@H]2C)cn1. The van der Waals surface area contributed by atoms with E-state index in [1.54, 1.807) is 12.4 Å². The van der Waals surface area contributed by atoms with Gasteiger partial charge in [0.2, 0.25) is 0 Å². The highest BCUT2D eigenvalue weighted by Gasteiger charge is 2.36. The molecule has 7 heteroatoms. The van der Waals surface area contributed by atoms with E-state index in [0.29, 0.717) is 17.6 Å². The summed E-state index contributed by atoms with van der Waals surface area (Å²) in [7, 11) is 0. The smallest absolute Gasteiger partial charge is 0.322 e. The standard InChI is InChI=1S/C18H29N5O2/c1-13(2)8-17-19-10-15(11-20-17)21-18(24)23-12-16(9-14(23)3)22-4-6-25-7-5-22/h10-11,13-14,16H,4-9,12H2,1-3H3,(H,21,24)/t14-,16-/m1/s1. The van der Waals surface area contributed by atoms with Crippen molar-refractivity contribution in [3.63, 3.8) is 0 Å². The van der Waals surface area contributed by atoms with Crippen LogP contribution in [-0.2, 0) is 11.2 Å². The van der Waals surface area contributed by atoms with Gasteiger partial charge in [-0.1, -0.05) is 13.8 Å². The zero-order valence-electron chi connectivity index (χ0n) is 15.4. The molecular weight excluding hydrogens is 318 g/mol. The van der Waals surface area contributed by atoms with E-state index in [9.17, 15) is 4.79 Å². The van der Waals surface area contributed by atoms with Crippen LogP contribution in [0.25, 0.3) is 0 Å². The van der Waals surface area contributed by atoms with Crippen LogP contribution in [0.4, 0.5) is 10.5 Å². The number of urea groups is 1. The van der Waals surface area contributed by atoms with Crippen LogP contribution in [0, 0.1) is 5.92 Å². The van der Waals surface area contributed by atoms with Gasteiger partial charge in [-0.15, -0.1) is 0 Å². The third-order valence-electron chi connectivity index (χ3n) is 4.92. The monoisotopic (exact) mass is 347 g/mol. The van der Waals surface area contributed by atoms with Gasteiger partial charge < -0.3 is 15.0 Å². The number of nitrogens with one attached hydrogen (secondary N) is 1. The van der Waals surface area contributed by atoms with E-state index in [1.807, 2.05) is 4.90 Å². The lowest BCUT2D eigenvalue weighted by Gasteiger charge is -2.32. The van der Waals surface area contributed by atoms with Gasteiger partial charge in [0.15, 0.2) is 0 Å². The molecule has 3 rings (SSSR count). The molecule has 2 atom stereocenters. The Hall–Kier alpha value is -1.73. The van der Waals surface area contributed by atoms with Gasteiger partial charge in [-0.25, -0.2) is 14.8 Å². The molecule has 2 saturated heterocycles. The predicted molar refractivity (Wildman–Crippen MR) is 96.6 cm³/mol. The molecule has 0 bridgehead atoms. The number of hydrogen-bond donors (Lipinski definition) is 1. The summed E-state index contributed by atoms with van der Waals surface area (Å²) in [6.45, 7) is 10.6. The summed E-state index contributed by atoms with van der Waals surface area (Å²) in [6.07, 6.45) is 5.25. The molecule has 1 N–H and O–H groups in total. The van der Waals surface area contributed by atoms with Crippen molar-refractivity contribution in [1.29, 1.82) is 0 Å². The summed E-state index contributed by atoms with van der Waals surface area (Å²) < 4.78 is 5.42. The lowest BCUT2D eigenvalue weighted by Crippen LogP contribution is -2.45. The molecular formula is C18H29N5O2. The maximum absolute atomic E-state index is 12.6. The second-order valence-electron chi connectivity index (χ2n) is 7.46. The van der Waals surface area contributed by atoms with Crippen molar-refractivity contribution in [2.24, 2.45) is 5.92 Å². The Morgan fingerprint density at radius 2 is 2.00 bits per heavy atom. The highest BCUT2D eigenvalue weighted by atomic mass is 16.5. The molecule has 0 radical (unpaired) electrons. The Bertz CT molecular complexity index is 571. The van der Waals surface area contributed by atoms with Gasteiger partial charge in [0.25, 0.3) is 0 Å². The number of carbonyl (C=O) groups is 1. The van der Waals surface area contributed by atoms with Crippen LogP contribution < -0.4 is 5.32 Å². The van der Waals surface area contributed by atoms with Gasteiger partial charge in [0, 0.05) is 38.1 Å². The molecule has 25 heavy (non-hydrogen) atoms. The number of carbonyl (C=O) groups excluding carboxylic acids is 1. The summed E-state index contributed by atoms with van der Waals surface area (Å²) in [5, 5.41) is 2.94. The number of ether oxygens (including phenoxy) is 1. The molecule has 2 amide bonds. The van der Waals surface area contributed by atoms with Gasteiger partial charge >= 0.3 is 6.03 Å². The van der Waals surface area contributed by atoms with Crippen molar-refractivity contribution >= 4 is 11.7 Å². The number of aromatic nitrogens is 2. The highest BCUT2D eigenvalue weighted by molar-refractivity contribution is 5.89. The van der Waals surface area contributed by atoms with E-state index in [2.05, 4.69) is 41.0 Å². The van der Waals surface area contributed by atoms with Crippen molar-refractivity contribution in [2.75, 3.05) is 38.2 Å². The Labute approximate surface area is 149 Å². The van der Waals surface area contributed by atoms with Crippen LogP contribution in [0.1, 0.15) is 33.0 Å². The number of nitrogens with zero attached hydrogens (tertiary/aromatic N) is 4. The van der Waals surface area contributed by atoms with Crippen LogP contribution in [-0.4, -0.2) is 70.7 Å². The molecule has 0 unspecified atom stereocenters. The molecule has 0 aromatic carbocycles. The summed E-state index contributed by atoms with van der Waals surface area (Å²) in [4.78, 5) is 25.7. The van der Waals surface area contributed by atoms with Crippen molar-refractivity contribution in [3.05, 3.63) is 18.2 Å². The third kappa shape index (κ3) is 4.67. The highest BCUT2D eigenvalue weighted by Crippen LogP contribution is 2.23.